The highest BCUT2D eigenvalue weighted by Crippen LogP contribution is 2.07. The largest absolute Gasteiger partial charge is 0.118 e. The Balaban J connectivity index is 0. The van der Waals surface area contributed by atoms with Crippen LogP contribution in [0, 0.1) is 0 Å². The molecule has 0 aromatic rings. The molecule has 0 aromatic carbocycles. The van der Waals surface area contributed by atoms with Crippen molar-refractivity contribution in [1.29, 1.82) is 0 Å². The lowest BCUT2D eigenvalue weighted by molar-refractivity contribution is 0.585. The molecule has 15 heavy (non-hydrogen) atoms. The fourth-order valence-corrected chi connectivity index (χ4v) is 1.21. The Kier molecular flexibility index (Phi) is 20.4. The van der Waals surface area contributed by atoms with Gasteiger partial charge in [-0.15, -0.1) is 0 Å². The van der Waals surface area contributed by atoms with Gasteiger partial charge in [-0.05, 0) is 0 Å². The molecule has 0 nitrogen and oxygen atoms in total. The van der Waals surface area contributed by atoms with E-state index in [1.54, 1.807) is 0 Å². The van der Waals surface area contributed by atoms with Crippen LogP contribution in [0.1, 0.15) is 65.2 Å². The normalized spacial score (nSPS) is 9.13. The van der Waals surface area contributed by atoms with Gasteiger partial charge in [-0.3, -0.25) is 0 Å². The molecule has 0 amide bonds. The molecule has 0 radical (unpaired) electrons. The van der Waals surface area contributed by atoms with Crippen LogP contribution in [-0.4, -0.2) is 0 Å². The third-order valence-electron chi connectivity index (χ3n) is 2.04. The Hall–Kier alpha value is 0.610. The van der Waals surface area contributed by atoms with E-state index in [-0.39, 0.29) is 4.49 Å². The highest BCUT2D eigenvalue weighted by atomic mass is 35.5. The van der Waals surface area contributed by atoms with Gasteiger partial charge in [0, 0.05) is 5.54 Å². The zero-order chi connectivity index (χ0) is 11.9. The van der Waals surface area contributed by atoms with Crippen molar-refractivity contribution in [3.63, 3.8) is 0 Å². The van der Waals surface area contributed by atoms with Crippen molar-refractivity contribution in [3.8, 4) is 0 Å². The number of rotatable bonds is 7. The van der Waals surface area contributed by atoms with Crippen LogP contribution in [0.4, 0.5) is 0 Å². The molecule has 0 spiro atoms. The summed E-state index contributed by atoms with van der Waals surface area (Å²) in [6.45, 7) is 4.54. The predicted molar refractivity (Wildman–Crippen MR) is 73.9 cm³/mol. The molecule has 0 bridgehead atoms. The maximum absolute atomic E-state index is 4.96. The predicted octanol–water partition coefficient (Wildman–Crippen LogP) is 6.65. The molecule has 0 heterocycles. The summed E-state index contributed by atoms with van der Waals surface area (Å²) < 4.78 is 0.0895. The first-order valence-electron chi connectivity index (χ1n) is 5.80. The molecule has 0 saturated heterocycles. The van der Waals surface area contributed by atoms with Gasteiger partial charge in [-0.2, -0.15) is 0 Å². The maximum atomic E-state index is 4.96. The summed E-state index contributed by atoms with van der Waals surface area (Å²) in [6.07, 6.45) is 11.5. The van der Waals surface area contributed by atoms with E-state index in [1.807, 2.05) is 0 Å². The van der Waals surface area contributed by atoms with Crippen LogP contribution in [0.15, 0.2) is 10.0 Å². The van der Waals surface area contributed by atoms with E-state index in [9.17, 15) is 0 Å². The van der Waals surface area contributed by atoms with Gasteiger partial charge in [-0.25, -0.2) is 0 Å². The average Bonchev–Trinajstić information content (AvgIpc) is 2.24. The molecule has 0 N–H and O–H groups in total. The first-order valence-corrected chi connectivity index (χ1v) is 6.99. The second-order valence-electron chi connectivity index (χ2n) is 3.52. The lowest BCUT2D eigenvalue weighted by atomic mass is 10.1. The second-order valence-corrected chi connectivity index (χ2v) is 4.75. The molecule has 0 atom stereocenters. The van der Waals surface area contributed by atoms with Gasteiger partial charge in [0.25, 0.3) is 0 Å². The van der Waals surface area contributed by atoms with Gasteiger partial charge in [0.1, 0.15) is 4.49 Å². The van der Waals surface area contributed by atoms with Crippen molar-refractivity contribution in [3.05, 3.63) is 10.0 Å². The molecular weight excluding hydrogens is 250 g/mol. The standard InChI is InChI=1S/C10H22.C2HCl3/c1-3-5-7-9-10-8-6-4-2;3-1-2(4)5/h3-10H2,1-2H3;1H. The SMILES string of the molecule is CCCCCCCCCC.ClC=C(Cl)Cl. The first-order chi connectivity index (χ1) is 7.18. The Morgan fingerprint density at radius 3 is 1.27 bits per heavy atom. The molecule has 0 aliphatic carbocycles. The van der Waals surface area contributed by atoms with E-state index in [0.29, 0.717) is 0 Å². The van der Waals surface area contributed by atoms with Gasteiger partial charge < -0.3 is 0 Å². The van der Waals surface area contributed by atoms with Gasteiger partial charge >= 0.3 is 0 Å². The third kappa shape index (κ3) is 25.2. The van der Waals surface area contributed by atoms with Gasteiger partial charge in [0.2, 0.25) is 0 Å². The summed E-state index contributed by atoms with van der Waals surface area (Å²) in [5, 5.41) is 0. The average molecular weight is 274 g/mol. The number of halogens is 3. The molecule has 3 heteroatoms. The summed E-state index contributed by atoms with van der Waals surface area (Å²) in [7, 11) is 0. The molecule has 0 rings (SSSR count). The summed E-state index contributed by atoms with van der Waals surface area (Å²) in [6, 6.07) is 0. The maximum Gasteiger partial charge on any atom is 0.118 e. The van der Waals surface area contributed by atoms with Crippen molar-refractivity contribution in [2.24, 2.45) is 0 Å². The molecular formula is C12H23Cl3. The number of hydrogen-bond donors (Lipinski definition) is 0. The Morgan fingerprint density at radius 2 is 1.07 bits per heavy atom. The quantitative estimate of drug-likeness (QED) is 0.456. The van der Waals surface area contributed by atoms with E-state index in [4.69, 9.17) is 34.8 Å². The Morgan fingerprint density at radius 1 is 0.800 bits per heavy atom. The Bertz CT molecular complexity index is 121. The van der Waals surface area contributed by atoms with E-state index in [2.05, 4.69) is 13.8 Å². The highest BCUT2D eigenvalue weighted by molar-refractivity contribution is 6.58. The molecule has 0 aliphatic rings. The van der Waals surface area contributed by atoms with Crippen LogP contribution in [0.2, 0.25) is 0 Å². The van der Waals surface area contributed by atoms with Crippen LogP contribution < -0.4 is 0 Å². The lowest BCUT2D eigenvalue weighted by Crippen LogP contribution is -1.77. The molecule has 0 unspecified atom stereocenters. The fourth-order valence-electron chi connectivity index (χ4n) is 1.21. The fraction of sp³-hybridized carbons (Fsp3) is 0.833. The Labute approximate surface area is 110 Å². The second kappa shape index (κ2) is 17.0. The van der Waals surface area contributed by atoms with Crippen molar-refractivity contribution >= 4 is 34.8 Å². The van der Waals surface area contributed by atoms with Crippen LogP contribution in [0.3, 0.4) is 0 Å². The van der Waals surface area contributed by atoms with Gasteiger partial charge in [0.15, 0.2) is 0 Å². The number of hydrogen-bond acceptors (Lipinski definition) is 0. The van der Waals surface area contributed by atoms with Crippen LogP contribution >= 0.6 is 34.8 Å². The molecule has 92 valence electrons. The van der Waals surface area contributed by atoms with Crippen molar-refractivity contribution in [2.75, 3.05) is 0 Å². The summed E-state index contributed by atoms with van der Waals surface area (Å²) >= 11 is 14.8. The topological polar surface area (TPSA) is 0 Å². The van der Waals surface area contributed by atoms with Crippen molar-refractivity contribution in [2.45, 2.75) is 65.2 Å². The minimum Gasteiger partial charge on any atom is -0.0904 e. The summed E-state index contributed by atoms with van der Waals surface area (Å²) in [4.78, 5) is 0. The van der Waals surface area contributed by atoms with Crippen LogP contribution in [-0.2, 0) is 0 Å². The molecule has 0 fully saturated rings. The minimum absolute atomic E-state index is 0.0895. The van der Waals surface area contributed by atoms with Gasteiger partial charge in [0.05, 0.1) is 0 Å². The van der Waals surface area contributed by atoms with E-state index >= 15 is 0 Å². The number of unbranched alkanes of at least 4 members (excludes halogenated alkanes) is 7. The molecule has 0 aromatic heterocycles. The van der Waals surface area contributed by atoms with E-state index < -0.39 is 0 Å². The monoisotopic (exact) mass is 272 g/mol. The van der Waals surface area contributed by atoms with E-state index in [1.165, 1.54) is 51.4 Å². The van der Waals surface area contributed by atoms with E-state index in [0.717, 1.165) is 5.54 Å². The third-order valence-corrected chi connectivity index (χ3v) is 2.70. The summed E-state index contributed by atoms with van der Waals surface area (Å²) in [5.74, 6) is 0. The van der Waals surface area contributed by atoms with Crippen LogP contribution in [0.5, 0.6) is 0 Å². The minimum atomic E-state index is 0.0895. The van der Waals surface area contributed by atoms with Crippen molar-refractivity contribution in [1.82, 2.24) is 0 Å². The highest BCUT2D eigenvalue weighted by Gasteiger charge is 1.87. The lowest BCUT2D eigenvalue weighted by Gasteiger charge is -1.97. The summed E-state index contributed by atoms with van der Waals surface area (Å²) in [5.41, 5.74) is 1.09. The zero-order valence-electron chi connectivity index (χ0n) is 9.87. The van der Waals surface area contributed by atoms with Gasteiger partial charge in [-0.1, -0.05) is 100 Å². The smallest absolute Gasteiger partial charge is 0.0904 e. The van der Waals surface area contributed by atoms with Crippen LogP contribution in [0.25, 0.3) is 0 Å². The molecule has 0 aliphatic heterocycles. The molecule has 0 saturated carbocycles. The zero-order valence-corrected chi connectivity index (χ0v) is 12.1. The van der Waals surface area contributed by atoms with Crippen molar-refractivity contribution < 1.29 is 0 Å². The first kappa shape index (κ1) is 18.0.